The lowest BCUT2D eigenvalue weighted by Gasteiger charge is -2.05. The number of nitrogens with zero attached hydrogens (tertiary/aromatic N) is 2. The molecule has 0 fully saturated rings. The molecule has 1 heterocycles. The quantitative estimate of drug-likeness (QED) is 0.699. The number of rotatable bonds is 5. The fourth-order valence-corrected chi connectivity index (χ4v) is 2.96. The van der Waals surface area contributed by atoms with Gasteiger partial charge in [-0.1, -0.05) is 54.2 Å². The van der Waals surface area contributed by atoms with Gasteiger partial charge in [0.05, 0.1) is 0 Å². The number of carboxylic acid groups (broad SMARTS) is 1. The van der Waals surface area contributed by atoms with Crippen molar-refractivity contribution in [1.29, 1.82) is 0 Å². The summed E-state index contributed by atoms with van der Waals surface area (Å²) in [5.74, 6) is -0.829. The molecule has 0 saturated heterocycles. The Hall–Kier alpha value is -2.67. The number of aromatic carboxylic acids is 1. The molecule has 116 valence electrons. The molecule has 0 aliphatic heterocycles. The SMILES string of the molecule is O=C(O)c1n[nH]nc1SCc1ccc(-c2ccccc2F)cc1. The maximum absolute atomic E-state index is 13.8. The van der Waals surface area contributed by atoms with Crippen LogP contribution >= 0.6 is 11.8 Å². The summed E-state index contributed by atoms with van der Waals surface area (Å²) in [7, 11) is 0. The number of aromatic nitrogens is 3. The van der Waals surface area contributed by atoms with Gasteiger partial charge >= 0.3 is 5.97 Å². The number of benzene rings is 2. The maximum atomic E-state index is 13.8. The van der Waals surface area contributed by atoms with Crippen LogP contribution in [0.4, 0.5) is 4.39 Å². The van der Waals surface area contributed by atoms with E-state index in [-0.39, 0.29) is 11.5 Å². The molecule has 0 aliphatic rings. The summed E-state index contributed by atoms with van der Waals surface area (Å²) in [5.41, 5.74) is 2.24. The normalized spacial score (nSPS) is 10.7. The average molecular weight is 329 g/mol. The molecule has 0 amide bonds. The molecule has 2 N–H and O–H groups in total. The first-order valence-corrected chi connectivity index (χ1v) is 7.74. The summed E-state index contributed by atoms with van der Waals surface area (Å²) in [6, 6.07) is 14.1. The molecule has 0 atom stereocenters. The second-order valence-electron chi connectivity index (χ2n) is 4.75. The molecule has 0 saturated carbocycles. The molecule has 1 aromatic heterocycles. The smallest absolute Gasteiger partial charge is 0.359 e. The monoisotopic (exact) mass is 329 g/mol. The third-order valence-electron chi connectivity index (χ3n) is 3.23. The third-order valence-corrected chi connectivity index (χ3v) is 4.27. The summed E-state index contributed by atoms with van der Waals surface area (Å²) >= 11 is 1.28. The van der Waals surface area contributed by atoms with Crippen molar-refractivity contribution in [3.05, 3.63) is 65.6 Å². The van der Waals surface area contributed by atoms with Gasteiger partial charge in [0.2, 0.25) is 5.69 Å². The van der Waals surface area contributed by atoms with E-state index >= 15 is 0 Å². The van der Waals surface area contributed by atoms with Crippen LogP contribution < -0.4 is 0 Å². The minimum atomic E-state index is -1.11. The van der Waals surface area contributed by atoms with E-state index in [9.17, 15) is 9.18 Å². The van der Waals surface area contributed by atoms with Crippen molar-refractivity contribution in [1.82, 2.24) is 15.4 Å². The molecule has 3 rings (SSSR count). The van der Waals surface area contributed by atoms with Crippen LogP contribution in [0.5, 0.6) is 0 Å². The van der Waals surface area contributed by atoms with Gasteiger partial charge in [-0.2, -0.15) is 5.21 Å². The Kier molecular flexibility index (Phi) is 4.38. The zero-order valence-corrected chi connectivity index (χ0v) is 12.7. The molecule has 3 aromatic rings. The van der Waals surface area contributed by atoms with Crippen molar-refractivity contribution in [3.63, 3.8) is 0 Å². The molecular formula is C16H12FN3O2S. The molecular weight excluding hydrogens is 317 g/mol. The average Bonchev–Trinajstić information content (AvgIpc) is 3.03. The molecule has 0 bridgehead atoms. The van der Waals surface area contributed by atoms with Gasteiger partial charge in [-0.05, 0) is 17.2 Å². The maximum Gasteiger partial charge on any atom is 0.359 e. The molecule has 5 nitrogen and oxygen atoms in total. The van der Waals surface area contributed by atoms with Crippen molar-refractivity contribution in [2.45, 2.75) is 10.8 Å². The fraction of sp³-hybridized carbons (Fsp3) is 0.0625. The van der Waals surface area contributed by atoms with Gasteiger partial charge in [0.25, 0.3) is 0 Å². The van der Waals surface area contributed by atoms with E-state index in [1.54, 1.807) is 18.2 Å². The summed E-state index contributed by atoms with van der Waals surface area (Å²) in [6.07, 6.45) is 0. The van der Waals surface area contributed by atoms with E-state index < -0.39 is 5.97 Å². The number of nitrogens with one attached hydrogen (secondary N) is 1. The van der Waals surface area contributed by atoms with Gasteiger partial charge in [0, 0.05) is 11.3 Å². The Balaban J connectivity index is 1.72. The summed E-state index contributed by atoms with van der Waals surface area (Å²) in [4.78, 5) is 11.0. The summed E-state index contributed by atoms with van der Waals surface area (Å²) in [6.45, 7) is 0. The molecule has 0 spiro atoms. The highest BCUT2D eigenvalue weighted by Crippen LogP contribution is 2.26. The first kappa shape index (κ1) is 15.2. The van der Waals surface area contributed by atoms with Gasteiger partial charge in [-0.15, -0.1) is 10.2 Å². The zero-order valence-electron chi connectivity index (χ0n) is 11.9. The Morgan fingerprint density at radius 1 is 1.13 bits per heavy atom. The van der Waals surface area contributed by atoms with E-state index in [2.05, 4.69) is 15.4 Å². The van der Waals surface area contributed by atoms with E-state index in [0.29, 0.717) is 16.3 Å². The van der Waals surface area contributed by atoms with Crippen LogP contribution in [0.3, 0.4) is 0 Å². The third kappa shape index (κ3) is 3.40. The lowest BCUT2D eigenvalue weighted by Crippen LogP contribution is -1.98. The Morgan fingerprint density at radius 2 is 1.87 bits per heavy atom. The molecule has 0 aliphatic carbocycles. The van der Waals surface area contributed by atoms with Crippen LogP contribution in [0.1, 0.15) is 16.1 Å². The van der Waals surface area contributed by atoms with E-state index in [1.165, 1.54) is 17.8 Å². The highest BCUT2D eigenvalue weighted by atomic mass is 32.2. The molecule has 0 radical (unpaired) electrons. The predicted octanol–water partition coefficient (Wildman–Crippen LogP) is 3.60. The van der Waals surface area contributed by atoms with E-state index in [1.807, 2.05) is 24.3 Å². The number of hydrogen-bond donors (Lipinski definition) is 2. The van der Waals surface area contributed by atoms with Crippen molar-refractivity contribution < 1.29 is 14.3 Å². The number of carboxylic acids is 1. The minimum Gasteiger partial charge on any atom is -0.476 e. The Morgan fingerprint density at radius 3 is 2.57 bits per heavy atom. The topological polar surface area (TPSA) is 78.9 Å². The van der Waals surface area contributed by atoms with Crippen LogP contribution in [0.2, 0.25) is 0 Å². The van der Waals surface area contributed by atoms with Crippen LogP contribution in [0, 0.1) is 5.82 Å². The number of carbonyl (C=O) groups is 1. The van der Waals surface area contributed by atoms with Crippen molar-refractivity contribution in [2.24, 2.45) is 0 Å². The van der Waals surface area contributed by atoms with Gasteiger partial charge in [-0.25, -0.2) is 9.18 Å². The number of hydrogen-bond acceptors (Lipinski definition) is 4. The van der Waals surface area contributed by atoms with E-state index in [4.69, 9.17) is 5.11 Å². The van der Waals surface area contributed by atoms with Crippen molar-refractivity contribution >= 4 is 17.7 Å². The fourth-order valence-electron chi connectivity index (χ4n) is 2.09. The van der Waals surface area contributed by atoms with E-state index in [0.717, 1.165) is 11.1 Å². The van der Waals surface area contributed by atoms with Crippen molar-refractivity contribution in [3.8, 4) is 11.1 Å². The summed E-state index contributed by atoms with van der Waals surface area (Å²) < 4.78 is 13.8. The van der Waals surface area contributed by atoms with Crippen LogP contribution in [0.15, 0.2) is 53.6 Å². The first-order chi connectivity index (χ1) is 11.1. The number of thioether (sulfide) groups is 1. The van der Waals surface area contributed by atoms with Gasteiger partial charge < -0.3 is 5.11 Å². The first-order valence-electron chi connectivity index (χ1n) is 6.76. The summed E-state index contributed by atoms with van der Waals surface area (Å²) in [5, 5.41) is 19.0. The standard InChI is InChI=1S/C16H12FN3O2S/c17-13-4-2-1-3-12(13)11-7-5-10(6-8-11)9-23-15-14(16(21)22)18-20-19-15/h1-8H,9H2,(H,21,22)(H,18,19,20). The molecule has 2 aromatic carbocycles. The molecule has 23 heavy (non-hydrogen) atoms. The second kappa shape index (κ2) is 6.62. The van der Waals surface area contributed by atoms with Crippen LogP contribution in [-0.4, -0.2) is 26.5 Å². The second-order valence-corrected chi connectivity index (χ2v) is 5.71. The van der Waals surface area contributed by atoms with Crippen molar-refractivity contribution in [2.75, 3.05) is 0 Å². The number of halogens is 1. The minimum absolute atomic E-state index is 0.0852. The highest BCUT2D eigenvalue weighted by Gasteiger charge is 2.15. The Labute approximate surface area is 135 Å². The predicted molar refractivity (Wildman–Crippen MR) is 84.7 cm³/mol. The van der Waals surface area contributed by atoms with Gasteiger partial charge in [0.15, 0.2) is 5.03 Å². The lowest BCUT2D eigenvalue weighted by molar-refractivity contribution is 0.0686. The lowest BCUT2D eigenvalue weighted by atomic mass is 10.0. The molecule has 0 unspecified atom stereocenters. The van der Waals surface area contributed by atoms with Gasteiger partial charge in [-0.3, -0.25) is 0 Å². The number of aromatic amines is 1. The molecule has 7 heteroatoms. The highest BCUT2D eigenvalue weighted by molar-refractivity contribution is 7.98. The van der Waals surface area contributed by atoms with Crippen LogP contribution in [0.25, 0.3) is 11.1 Å². The van der Waals surface area contributed by atoms with Crippen LogP contribution in [-0.2, 0) is 5.75 Å². The Bertz CT molecular complexity index is 833. The zero-order chi connectivity index (χ0) is 16.2. The number of H-pyrrole nitrogens is 1. The largest absolute Gasteiger partial charge is 0.476 e. The van der Waals surface area contributed by atoms with Gasteiger partial charge in [0.1, 0.15) is 5.82 Å².